The molecular formula is C15H25ClN2O. The van der Waals surface area contributed by atoms with E-state index in [0.29, 0.717) is 12.3 Å². The molecule has 1 fully saturated rings. The molecule has 3 unspecified atom stereocenters. The van der Waals surface area contributed by atoms with Gasteiger partial charge < -0.3 is 5.11 Å². The van der Waals surface area contributed by atoms with Gasteiger partial charge in [0, 0.05) is 13.0 Å². The van der Waals surface area contributed by atoms with E-state index < -0.39 is 0 Å². The summed E-state index contributed by atoms with van der Waals surface area (Å²) in [5.74, 6) is 1.17. The molecule has 0 saturated heterocycles. The van der Waals surface area contributed by atoms with Gasteiger partial charge in [-0.25, -0.2) is 0 Å². The molecule has 0 radical (unpaired) electrons. The molecule has 3 atom stereocenters. The lowest BCUT2D eigenvalue weighted by atomic mass is 9.95. The van der Waals surface area contributed by atoms with E-state index >= 15 is 0 Å². The number of aliphatic hydroxyl groups excluding tert-OH is 1. The summed E-state index contributed by atoms with van der Waals surface area (Å²) < 4.78 is 1.95. The maximum atomic E-state index is 10.4. The van der Waals surface area contributed by atoms with Crippen LogP contribution in [0.15, 0.2) is 0 Å². The van der Waals surface area contributed by atoms with Gasteiger partial charge in [0.15, 0.2) is 0 Å². The molecule has 1 aromatic rings. The first kappa shape index (κ1) is 14.9. The second kappa shape index (κ2) is 6.27. The molecule has 0 bridgehead atoms. The summed E-state index contributed by atoms with van der Waals surface area (Å²) in [6.07, 6.45) is 4.71. The van der Waals surface area contributed by atoms with E-state index in [1.807, 2.05) is 4.68 Å². The number of nitrogens with zero attached hydrogens (tertiary/aromatic N) is 2. The van der Waals surface area contributed by atoms with E-state index in [0.717, 1.165) is 48.1 Å². The molecule has 1 aliphatic carbocycles. The van der Waals surface area contributed by atoms with Crippen LogP contribution in [-0.2, 0) is 19.4 Å². The van der Waals surface area contributed by atoms with Crippen molar-refractivity contribution in [3.63, 3.8) is 0 Å². The van der Waals surface area contributed by atoms with Crippen molar-refractivity contribution < 1.29 is 5.11 Å². The van der Waals surface area contributed by atoms with Gasteiger partial charge in [0.25, 0.3) is 0 Å². The Balaban J connectivity index is 2.11. The lowest BCUT2D eigenvalue weighted by molar-refractivity contribution is 0.107. The van der Waals surface area contributed by atoms with Crippen LogP contribution in [0.2, 0.25) is 5.02 Å². The molecule has 0 aromatic carbocycles. The van der Waals surface area contributed by atoms with Crippen LogP contribution in [0, 0.1) is 11.8 Å². The smallest absolute Gasteiger partial charge is 0.0850 e. The highest BCUT2D eigenvalue weighted by Gasteiger charge is 2.29. The Hall–Kier alpha value is -0.540. The summed E-state index contributed by atoms with van der Waals surface area (Å²) in [4.78, 5) is 0. The second-order valence-corrected chi connectivity index (χ2v) is 6.20. The number of hydrogen-bond acceptors (Lipinski definition) is 2. The molecule has 1 aromatic heterocycles. The fraction of sp³-hybridized carbons (Fsp3) is 0.800. The van der Waals surface area contributed by atoms with Crippen LogP contribution in [0.3, 0.4) is 0 Å². The molecule has 1 heterocycles. The van der Waals surface area contributed by atoms with Gasteiger partial charge in [0.2, 0.25) is 0 Å². The lowest BCUT2D eigenvalue weighted by Gasteiger charge is -2.18. The zero-order valence-electron chi connectivity index (χ0n) is 12.2. The fourth-order valence-corrected chi connectivity index (χ4v) is 3.52. The van der Waals surface area contributed by atoms with Gasteiger partial charge in [-0.2, -0.15) is 5.10 Å². The standard InChI is InChI=1S/C15H25ClN2O/c1-4-12-15(16)13(18(5-2)17-12)9-14(19)11-7-6-10(3)8-11/h10-11,14,19H,4-9H2,1-3H3. The van der Waals surface area contributed by atoms with Gasteiger partial charge in [-0.15, -0.1) is 0 Å². The van der Waals surface area contributed by atoms with Gasteiger partial charge >= 0.3 is 0 Å². The van der Waals surface area contributed by atoms with E-state index in [9.17, 15) is 5.11 Å². The van der Waals surface area contributed by atoms with Crippen LogP contribution in [-0.4, -0.2) is 21.0 Å². The predicted molar refractivity (Wildman–Crippen MR) is 78.5 cm³/mol. The predicted octanol–water partition coefficient (Wildman–Crippen LogP) is 3.46. The minimum absolute atomic E-state index is 0.283. The number of aliphatic hydroxyl groups is 1. The first-order valence-electron chi connectivity index (χ1n) is 7.48. The zero-order chi connectivity index (χ0) is 14.0. The van der Waals surface area contributed by atoms with Crippen molar-refractivity contribution in [3.05, 3.63) is 16.4 Å². The van der Waals surface area contributed by atoms with Crippen LogP contribution in [0.25, 0.3) is 0 Å². The molecule has 2 rings (SSSR count). The van der Waals surface area contributed by atoms with Crippen LogP contribution in [0.5, 0.6) is 0 Å². The van der Waals surface area contributed by atoms with Crippen LogP contribution in [0.1, 0.15) is 51.4 Å². The molecule has 4 heteroatoms. The monoisotopic (exact) mass is 284 g/mol. The Kier molecular flexibility index (Phi) is 4.91. The topological polar surface area (TPSA) is 38.0 Å². The van der Waals surface area contributed by atoms with Gasteiger partial charge in [-0.3, -0.25) is 4.68 Å². The van der Waals surface area contributed by atoms with Crippen LogP contribution in [0.4, 0.5) is 0 Å². The van der Waals surface area contributed by atoms with E-state index in [1.54, 1.807) is 0 Å². The first-order chi connectivity index (χ1) is 9.06. The highest BCUT2D eigenvalue weighted by molar-refractivity contribution is 6.31. The maximum Gasteiger partial charge on any atom is 0.0850 e. The van der Waals surface area contributed by atoms with Crippen molar-refractivity contribution in [1.82, 2.24) is 9.78 Å². The van der Waals surface area contributed by atoms with Crippen LogP contribution < -0.4 is 0 Å². The zero-order valence-corrected chi connectivity index (χ0v) is 13.0. The molecule has 1 saturated carbocycles. The Morgan fingerprint density at radius 3 is 2.68 bits per heavy atom. The minimum Gasteiger partial charge on any atom is -0.392 e. The fourth-order valence-electron chi connectivity index (χ4n) is 3.18. The van der Waals surface area contributed by atoms with Gasteiger partial charge in [0.1, 0.15) is 0 Å². The highest BCUT2D eigenvalue weighted by atomic mass is 35.5. The Morgan fingerprint density at radius 1 is 1.42 bits per heavy atom. The molecule has 3 nitrogen and oxygen atoms in total. The van der Waals surface area contributed by atoms with Gasteiger partial charge in [0.05, 0.1) is 22.5 Å². The van der Waals surface area contributed by atoms with Crippen molar-refractivity contribution >= 4 is 11.6 Å². The van der Waals surface area contributed by atoms with Crippen molar-refractivity contribution in [2.24, 2.45) is 11.8 Å². The molecule has 19 heavy (non-hydrogen) atoms. The van der Waals surface area contributed by atoms with Gasteiger partial charge in [-0.05, 0) is 38.0 Å². The van der Waals surface area contributed by atoms with Crippen molar-refractivity contribution in [1.29, 1.82) is 0 Å². The Morgan fingerprint density at radius 2 is 2.16 bits per heavy atom. The molecule has 1 aliphatic rings. The summed E-state index contributed by atoms with van der Waals surface area (Å²) >= 11 is 6.39. The number of rotatable bonds is 5. The lowest BCUT2D eigenvalue weighted by Crippen LogP contribution is -2.22. The first-order valence-corrected chi connectivity index (χ1v) is 7.86. The molecule has 0 amide bonds. The highest BCUT2D eigenvalue weighted by Crippen LogP contribution is 2.34. The summed E-state index contributed by atoms with van der Waals surface area (Å²) in [6, 6.07) is 0. The number of hydrogen-bond donors (Lipinski definition) is 1. The average Bonchev–Trinajstić information content (AvgIpc) is 2.95. The molecule has 108 valence electrons. The van der Waals surface area contributed by atoms with Crippen molar-refractivity contribution in [2.75, 3.05) is 0 Å². The Labute approximate surface area is 121 Å². The van der Waals surface area contributed by atoms with E-state index in [4.69, 9.17) is 11.6 Å². The summed E-state index contributed by atoms with van der Waals surface area (Å²) in [6.45, 7) is 7.21. The second-order valence-electron chi connectivity index (χ2n) is 5.83. The van der Waals surface area contributed by atoms with Crippen molar-refractivity contribution in [3.8, 4) is 0 Å². The summed E-state index contributed by atoms with van der Waals surface area (Å²) in [7, 11) is 0. The summed E-state index contributed by atoms with van der Waals surface area (Å²) in [5.41, 5.74) is 1.96. The third kappa shape index (κ3) is 3.14. The average molecular weight is 285 g/mol. The molecular weight excluding hydrogens is 260 g/mol. The normalized spacial score (nSPS) is 24.9. The number of aromatic nitrogens is 2. The number of aryl methyl sites for hydroxylation is 2. The van der Waals surface area contributed by atoms with Gasteiger partial charge in [-0.1, -0.05) is 31.9 Å². The maximum absolute atomic E-state index is 10.4. The van der Waals surface area contributed by atoms with E-state index in [1.165, 1.54) is 6.42 Å². The van der Waals surface area contributed by atoms with E-state index in [2.05, 4.69) is 25.9 Å². The van der Waals surface area contributed by atoms with E-state index in [-0.39, 0.29) is 6.10 Å². The minimum atomic E-state index is -0.283. The molecule has 1 N–H and O–H groups in total. The largest absolute Gasteiger partial charge is 0.392 e. The number of halogens is 1. The third-order valence-corrected chi connectivity index (χ3v) is 4.81. The molecule has 0 aliphatic heterocycles. The van der Waals surface area contributed by atoms with Crippen molar-refractivity contribution in [2.45, 2.75) is 65.5 Å². The SMILES string of the molecule is CCc1nn(CC)c(CC(O)C2CCC(C)C2)c1Cl. The Bertz CT molecular complexity index is 430. The molecule has 0 spiro atoms. The third-order valence-electron chi connectivity index (χ3n) is 4.38. The van der Waals surface area contributed by atoms with Crippen LogP contribution >= 0.6 is 11.6 Å². The summed E-state index contributed by atoms with van der Waals surface area (Å²) in [5, 5.41) is 15.7. The quantitative estimate of drug-likeness (QED) is 0.899.